The van der Waals surface area contributed by atoms with Crippen LogP contribution in [-0.2, 0) is 6.54 Å². The molecule has 3 aromatic carbocycles. The number of anilines is 1. The van der Waals surface area contributed by atoms with Crippen LogP contribution in [-0.4, -0.2) is 13.0 Å². The molecule has 1 atom stereocenters. The number of halogens is 1. The Kier molecular flexibility index (Phi) is 6.85. The highest BCUT2D eigenvalue weighted by atomic mass is 79.9. The molecule has 1 amide bonds. The van der Waals surface area contributed by atoms with Gasteiger partial charge in [-0.2, -0.15) is 0 Å². The molecule has 0 aliphatic carbocycles. The number of methoxy groups -OCH3 is 1. The third-order valence-electron chi connectivity index (χ3n) is 4.54. The lowest BCUT2D eigenvalue weighted by Crippen LogP contribution is -2.18. The predicted molar refractivity (Wildman–Crippen MR) is 117 cm³/mol. The summed E-state index contributed by atoms with van der Waals surface area (Å²) >= 11 is 3.53. The van der Waals surface area contributed by atoms with Gasteiger partial charge >= 0.3 is 0 Å². The Morgan fingerprint density at radius 2 is 1.75 bits per heavy atom. The van der Waals surface area contributed by atoms with Gasteiger partial charge in [-0.05, 0) is 70.4 Å². The van der Waals surface area contributed by atoms with Crippen LogP contribution < -0.4 is 15.4 Å². The Labute approximate surface area is 174 Å². The number of hydrogen-bond acceptors (Lipinski definition) is 3. The largest absolute Gasteiger partial charge is 0.496 e. The van der Waals surface area contributed by atoms with Crippen LogP contribution in [0.3, 0.4) is 0 Å². The van der Waals surface area contributed by atoms with Gasteiger partial charge in [0.25, 0.3) is 5.91 Å². The van der Waals surface area contributed by atoms with Crippen LogP contribution in [0.25, 0.3) is 0 Å². The number of para-hydroxylation sites is 1. The number of benzene rings is 3. The first-order chi connectivity index (χ1) is 13.6. The minimum atomic E-state index is -0.109. The maximum absolute atomic E-state index is 12.3. The minimum absolute atomic E-state index is 0.109. The predicted octanol–water partition coefficient (Wildman–Crippen LogP) is 5.56. The molecule has 0 heterocycles. The highest BCUT2D eigenvalue weighted by Gasteiger charge is 2.09. The molecular weight excluding hydrogens is 416 g/mol. The van der Waals surface area contributed by atoms with Gasteiger partial charge in [-0.1, -0.05) is 36.4 Å². The number of nitrogens with one attached hydrogen (secondary N) is 2. The number of hydrogen-bond donors (Lipinski definition) is 2. The second-order valence-electron chi connectivity index (χ2n) is 6.51. The Hall–Kier alpha value is -2.63. The maximum atomic E-state index is 12.3. The zero-order valence-electron chi connectivity index (χ0n) is 15.9. The third kappa shape index (κ3) is 5.21. The summed E-state index contributed by atoms with van der Waals surface area (Å²) in [5, 5.41) is 6.40. The van der Waals surface area contributed by atoms with Crippen molar-refractivity contribution in [2.24, 2.45) is 0 Å². The first-order valence-electron chi connectivity index (χ1n) is 9.09. The summed E-state index contributed by atoms with van der Waals surface area (Å²) in [6, 6.07) is 23.4. The highest BCUT2D eigenvalue weighted by molar-refractivity contribution is 9.10. The number of carbonyl (C=O) groups excluding carboxylic acids is 1. The van der Waals surface area contributed by atoms with E-state index in [4.69, 9.17) is 4.74 Å². The number of carbonyl (C=O) groups is 1. The van der Waals surface area contributed by atoms with Gasteiger partial charge in [0.2, 0.25) is 0 Å². The molecule has 3 aromatic rings. The van der Waals surface area contributed by atoms with Gasteiger partial charge in [0, 0.05) is 23.8 Å². The molecule has 0 aromatic heterocycles. The number of ether oxygens (including phenoxy) is 1. The van der Waals surface area contributed by atoms with Crippen molar-refractivity contribution >= 4 is 27.5 Å². The quantitative estimate of drug-likeness (QED) is 0.507. The van der Waals surface area contributed by atoms with E-state index in [1.165, 1.54) is 5.56 Å². The molecule has 4 nitrogen and oxygen atoms in total. The van der Waals surface area contributed by atoms with Crippen LogP contribution in [0.2, 0.25) is 0 Å². The molecule has 144 valence electrons. The molecule has 0 saturated carbocycles. The van der Waals surface area contributed by atoms with Crippen molar-refractivity contribution < 1.29 is 9.53 Å². The topological polar surface area (TPSA) is 50.4 Å². The van der Waals surface area contributed by atoms with Crippen LogP contribution in [0.4, 0.5) is 5.69 Å². The third-order valence-corrected chi connectivity index (χ3v) is 5.16. The molecule has 3 rings (SSSR count). The molecule has 5 heteroatoms. The van der Waals surface area contributed by atoms with Gasteiger partial charge in [0.1, 0.15) is 5.75 Å². The standard InChI is InChI=1S/C23H23BrN2O2/c1-16(19-12-13-22(28-2)21(24)14-19)25-15-17-8-10-18(11-9-17)23(27)26-20-6-4-3-5-7-20/h3-14,16,25H,15H2,1-2H3,(H,26,27). The molecule has 0 aliphatic rings. The second-order valence-corrected chi connectivity index (χ2v) is 7.37. The summed E-state index contributed by atoms with van der Waals surface area (Å²) in [6.45, 7) is 2.83. The van der Waals surface area contributed by atoms with Crippen molar-refractivity contribution in [1.29, 1.82) is 0 Å². The summed E-state index contributed by atoms with van der Waals surface area (Å²) < 4.78 is 6.22. The van der Waals surface area contributed by atoms with Crippen LogP contribution in [0.5, 0.6) is 5.75 Å². The van der Waals surface area contributed by atoms with Crippen molar-refractivity contribution in [3.05, 3.63) is 94.0 Å². The lowest BCUT2D eigenvalue weighted by atomic mass is 10.1. The van der Waals surface area contributed by atoms with E-state index in [0.29, 0.717) is 12.1 Å². The van der Waals surface area contributed by atoms with Gasteiger partial charge in [0.15, 0.2) is 0 Å². The molecule has 2 N–H and O–H groups in total. The second kappa shape index (κ2) is 9.53. The fraction of sp³-hybridized carbons (Fsp3) is 0.174. The summed E-state index contributed by atoms with van der Waals surface area (Å²) in [5.74, 6) is 0.711. The SMILES string of the molecule is COc1ccc(C(C)NCc2ccc(C(=O)Nc3ccccc3)cc2)cc1Br. The lowest BCUT2D eigenvalue weighted by molar-refractivity contribution is 0.102. The Bertz CT molecular complexity index is 927. The van der Waals surface area contributed by atoms with Gasteiger partial charge < -0.3 is 15.4 Å². The van der Waals surface area contributed by atoms with Gasteiger partial charge in [0.05, 0.1) is 11.6 Å². The van der Waals surface area contributed by atoms with E-state index in [2.05, 4.69) is 45.6 Å². The van der Waals surface area contributed by atoms with E-state index in [1.54, 1.807) is 7.11 Å². The van der Waals surface area contributed by atoms with Crippen molar-refractivity contribution in [3.8, 4) is 5.75 Å². The van der Waals surface area contributed by atoms with E-state index < -0.39 is 0 Å². The first kappa shape index (κ1) is 20.1. The summed E-state index contributed by atoms with van der Waals surface area (Å²) in [7, 11) is 1.66. The molecular formula is C23H23BrN2O2. The molecule has 0 radical (unpaired) electrons. The molecule has 0 aliphatic heterocycles. The number of amides is 1. The van der Waals surface area contributed by atoms with Gasteiger partial charge in [-0.3, -0.25) is 4.79 Å². The Morgan fingerprint density at radius 3 is 2.39 bits per heavy atom. The fourth-order valence-corrected chi connectivity index (χ4v) is 3.40. The zero-order valence-corrected chi connectivity index (χ0v) is 17.5. The van der Waals surface area contributed by atoms with Crippen molar-refractivity contribution in [1.82, 2.24) is 5.32 Å². The van der Waals surface area contributed by atoms with Crippen molar-refractivity contribution in [3.63, 3.8) is 0 Å². The van der Waals surface area contributed by atoms with E-state index in [1.807, 2.05) is 60.7 Å². The zero-order chi connectivity index (χ0) is 19.9. The minimum Gasteiger partial charge on any atom is -0.496 e. The van der Waals surface area contributed by atoms with Crippen LogP contribution in [0.15, 0.2) is 77.3 Å². The highest BCUT2D eigenvalue weighted by Crippen LogP contribution is 2.28. The average Bonchev–Trinajstić information content (AvgIpc) is 2.73. The van der Waals surface area contributed by atoms with Crippen LogP contribution >= 0.6 is 15.9 Å². The molecule has 0 bridgehead atoms. The van der Waals surface area contributed by atoms with Crippen molar-refractivity contribution in [2.45, 2.75) is 19.5 Å². The Morgan fingerprint density at radius 1 is 1.04 bits per heavy atom. The monoisotopic (exact) mass is 438 g/mol. The maximum Gasteiger partial charge on any atom is 0.255 e. The number of rotatable bonds is 7. The van der Waals surface area contributed by atoms with Crippen LogP contribution in [0.1, 0.15) is 34.5 Å². The van der Waals surface area contributed by atoms with Crippen molar-refractivity contribution in [2.75, 3.05) is 12.4 Å². The molecule has 0 saturated heterocycles. The average molecular weight is 439 g/mol. The van der Waals surface area contributed by atoms with Crippen LogP contribution in [0, 0.1) is 0 Å². The van der Waals surface area contributed by atoms with E-state index in [-0.39, 0.29) is 11.9 Å². The molecule has 28 heavy (non-hydrogen) atoms. The van der Waals surface area contributed by atoms with E-state index >= 15 is 0 Å². The first-order valence-corrected chi connectivity index (χ1v) is 9.88. The Balaban J connectivity index is 1.56. The van der Waals surface area contributed by atoms with Gasteiger partial charge in [-0.15, -0.1) is 0 Å². The smallest absolute Gasteiger partial charge is 0.255 e. The van der Waals surface area contributed by atoms with E-state index in [0.717, 1.165) is 21.5 Å². The normalized spacial score (nSPS) is 11.7. The molecule has 0 spiro atoms. The summed E-state index contributed by atoms with van der Waals surface area (Å²) in [4.78, 5) is 12.3. The van der Waals surface area contributed by atoms with Gasteiger partial charge in [-0.25, -0.2) is 0 Å². The summed E-state index contributed by atoms with van der Waals surface area (Å²) in [6.07, 6.45) is 0. The molecule has 0 fully saturated rings. The lowest BCUT2D eigenvalue weighted by Gasteiger charge is -2.16. The fourth-order valence-electron chi connectivity index (χ4n) is 2.84. The molecule has 1 unspecified atom stereocenters. The summed E-state index contributed by atoms with van der Waals surface area (Å²) in [5.41, 5.74) is 3.72. The van der Waals surface area contributed by atoms with E-state index in [9.17, 15) is 4.79 Å².